The van der Waals surface area contributed by atoms with E-state index in [-0.39, 0.29) is 17.8 Å². The molecular weight excluding hydrogens is 413 g/mol. The second kappa shape index (κ2) is 9.83. The summed E-state index contributed by atoms with van der Waals surface area (Å²) in [5.74, 6) is 0.769. The van der Waals surface area contributed by atoms with E-state index in [1.807, 2.05) is 49.4 Å². The molecular formula is C26H25F3N2O. The van der Waals surface area contributed by atoms with Crippen molar-refractivity contribution < 1.29 is 17.9 Å². The number of hydrogen-bond acceptors (Lipinski definition) is 3. The van der Waals surface area contributed by atoms with Crippen LogP contribution in [0.4, 0.5) is 13.2 Å². The number of benzene rings is 3. The molecule has 3 aromatic rings. The number of nitrogens with zero attached hydrogens (tertiary/aromatic N) is 1. The molecule has 0 aliphatic carbocycles. The summed E-state index contributed by atoms with van der Waals surface area (Å²) in [6, 6.07) is 19.8. The molecule has 3 nitrogen and oxygen atoms in total. The number of halogens is 3. The van der Waals surface area contributed by atoms with E-state index in [0.29, 0.717) is 11.3 Å². The molecule has 0 spiro atoms. The molecule has 0 amide bonds. The monoisotopic (exact) mass is 438 g/mol. The van der Waals surface area contributed by atoms with Crippen LogP contribution in [0.2, 0.25) is 0 Å². The van der Waals surface area contributed by atoms with E-state index in [1.54, 1.807) is 25.3 Å². The van der Waals surface area contributed by atoms with Gasteiger partial charge in [0, 0.05) is 17.7 Å². The highest BCUT2D eigenvalue weighted by molar-refractivity contribution is 6.05. The molecule has 0 fully saturated rings. The Morgan fingerprint density at radius 3 is 2.34 bits per heavy atom. The third-order valence-corrected chi connectivity index (χ3v) is 5.14. The maximum atomic E-state index is 13.0. The minimum atomic E-state index is -4.32. The largest absolute Gasteiger partial charge is 0.496 e. The van der Waals surface area contributed by atoms with Crippen molar-refractivity contribution in [3.8, 4) is 16.9 Å². The number of aliphatic imine (C=N–C) groups is 1. The molecule has 2 N–H and O–H groups in total. The van der Waals surface area contributed by atoms with E-state index in [4.69, 9.17) is 10.5 Å². The molecule has 0 unspecified atom stereocenters. The van der Waals surface area contributed by atoms with Crippen LogP contribution in [0.15, 0.2) is 78.3 Å². The van der Waals surface area contributed by atoms with Gasteiger partial charge in [-0.15, -0.1) is 0 Å². The lowest BCUT2D eigenvalue weighted by molar-refractivity contribution is -0.127. The van der Waals surface area contributed by atoms with E-state index < -0.39 is 12.6 Å². The van der Waals surface area contributed by atoms with E-state index in [2.05, 4.69) is 11.6 Å². The summed E-state index contributed by atoms with van der Waals surface area (Å²) in [7, 11) is 1.63. The minimum Gasteiger partial charge on any atom is -0.496 e. The predicted molar refractivity (Wildman–Crippen MR) is 124 cm³/mol. The van der Waals surface area contributed by atoms with E-state index in [0.717, 1.165) is 28.0 Å². The van der Waals surface area contributed by atoms with Crippen LogP contribution in [-0.4, -0.2) is 25.5 Å². The lowest BCUT2D eigenvalue weighted by Gasteiger charge is -2.14. The van der Waals surface area contributed by atoms with Crippen molar-refractivity contribution in [1.29, 1.82) is 0 Å². The number of hydrogen-bond donors (Lipinski definition) is 1. The molecule has 3 aromatic carbocycles. The number of rotatable bonds is 7. The fourth-order valence-corrected chi connectivity index (χ4v) is 3.64. The number of aryl methyl sites for hydroxylation is 1. The van der Waals surface area contributed by atoms with Gasteiger partial charge in [-0.2, -0.15) is 13.2 Å². The van der Waals surface area contributed by atoms with Gasteiger partial charge in [0.2, 0.25) is 0 Å². The van der Waals surface area contributed by atoms with Crippen LogP contribution in [0.25, 0.3) is 16.8 Å². The molecule has 166 valence electrons. The van der Waals surface area contributed by atoms with Gasteiger partial charge in [-0.25, -0.2) is 0 Å². The number of methoxy groups -OCH3 is 1. The zero-order chi connectivity index (χ0) is 23.3. The van der Waals surface area contributed by atoms with Crippen molar-refractivity contribution in [2.45, 2.75) is 19.5 Å². The van der Waals surface area contributed by atoms with Gasteiger partial charge in [0.15, 0.2) is 0 Å². The first-order chi connectivity index (χ1) is 15.2. The van der Waals surface area contributed by atoms with Crippen molar-refractivity contribution in [3.05, 3.63) is 95.6 Å². The summed E-state index contributed by atoms with van der Waals surface area (Å²) in [5, 5.41) is 0. The molecule has 32 heavy (non-hydrogen) atoms. The summed E-state index contributed by atoms with van der Waals surface area (Å²) in [6.45, 7) is 6.01. The van der Waals surface area contributed by atoms with Crippen LogP contribution in [0, 0.1) is 6.92 Å². The Morgan fingerprint density at radius 1 is 1.00 bits per heavy atom. The smallest absolute Gasteiger partial charge is 0.393 e. The second-order valence-corrected chi connectivity index (χ2v) is 7.39. The summed E-state index contributed by atoms with van der Waals surface area (Å²) in [6.07, 6.45) is -5.36. The van der Waals surface area contributed by atoms with Crippen molar-refractivity contribution in [1.82, 2.24) is 0 Å². The van der Waals surface area contributed by atoms with E-state index in [9.17, 15) is 13.2 Å². The Kier molecular flexibility index (Phi) is 7.15. The van der Waals surface area contributed by atoms with Gasteiger partial charge >= 0.3 is 6.18 Å². The van der Waals surface area contributed by atoms with Crippen molar-refractivity contribution in [3.63, 3.8) is 0 Å². The summed E-state index contributed by atoms with van der Waals surface area (Å²) in [5.41, 5.74) is 11.0. The molecule has 0 atom stereocenters. The van der Waals surface area contributed by atoms with Crippen LogP contribution in [0.5, 0.6) is 5.75 Å². The van der Waals surface area contributed by atoms with Crippen molar-refractivity contribution in [2.75, 3.05) is 13.7 Å². The van der Waals surface area contributed by atoms with Crippen molar-refractivity contribution >= 4 is 11.4 Å². The number of nitrogens with two attached hydrogens (primary N) is 1. The second-order valence-electron chi connectivity index (χ2n) is 7.39. The summed E-state index contributed by atoms with van der Waals surface area (Å²) in [4.78, 5) is 4.51. The standard InChI is InChI=1S/C26H25F3N2O/c1-17-14-19(12-13-21(17)23-10-6-7-11-25(23)32-3)24(16-30)31-18(2)22-9-5-4-8-20(22)15-26(27,28)29/h4-14H,2,15-16,30H2,1,3H3/b31-24+. The Balaban J connectivity index is 1.96. The summed E-state index contributed by atoms with van der Waals surface area (Å²) < 4.78 is 44.3. The molecule has 0 saturated heterocycles. The van der Waals surface area contributed by atoms with Gasteiger partial charge in [0.25, 0.3) is 0 Å². The van der Waals surface area contributed by atoms with Gasteiger partial charge in [-0.05, 0) is 41.3 Å². The van der Waals surface area contributed by atoms with Gasteiger partial charge in [-0.3, -0.25) is 4.99 Å². The molecule has 0 radical (unpaired) electrons. The lowest BCUT2D eigenvalue weighted by Crippen LogP contribution is -2.16. The zero-order valence-electron chi connectivity index (χ0n) is 18.0. The third kappa shape index (κ3) is 5.45. The third-order valence-electron chi connectivity index (χ3n) is 5.14. The zero-order valence-corrected chi connectivity index (χ0v) is 18.0. The fraction of sp³-hybridized carbons (Fsp3) is 0.192. The Bertz CT molecular complexity index is 1150. The Hall–Kier alpha value is -3.38. The average molecular weight is 438 g/mol. The van der Waals surface area contributed by atoms with Crippen LogP contribution in [0.1, 0.15) is 22.3 Å². The van der Waals surface area contributed by atoms with Gasteiger partial charge in [-0.1, -0.05) is 61.2 Å². The van der Waals surface area contributed by atoms with Crippen LogP contribution >= 0.6 is 0 Å². The summed E-state index contributed by atoms with van der Waals surface area (Å²) >= 11 is 0. The highest BCUT2D eigenvalue weighted by Crippen LogP contribution is 2.33. The fourth-order valence-electron chi connectivity index (χ4n) is 3.64. The van der Waals surface area contributed by atoms with Crippen molar-refractivity contribution in [2.24, 2.45) is 10.7 Å². The molecule has 0 aliphatic rings. The van der Waals surface area contributed by atoms with Gasteiger partial charge < -0.3 is 10.5 Å². The van der Waals surface area contributed by atoms with Crippen LogP contribution in [-0.2, 0) is 6.42 Å². The average Bonchev–Trinajstić information content (AvgIpc) is 2.76. The van der Waals surface area contributed by atoms with Crippen LogP contribution in [0.3, 0.4) is 0 Å². The first kappa shape index (κ1) is 23.3. The minimum absolute atomic E-state index is 0.119. The van der Waals surface area contributed by atoms with Gasteiger partial charge in [0.1, 0.15) is 5.75 Å². The molecule has 0 aromatic heterocycles. The number of alkyl halides is 3. The Morgan fingerprint density at radius 2 is 1.69 bits per heavy atom. The highest BCUT2D eigenvalue weighted by Gasteiger charge is 2.29. The molecule has 3 rings (SSSR count). The SMILES string of the molecule is C=C(/N=C(\CN)c1ccc(-c2ccccc2OC)c(C)c1)c1ccccc1CC(F)(F)F. The first-order valence-corrected chi connectivity index (χ1v) is 10.1. The van der Waals surface area contributed by atoms with E-state index in [1.165, 1.54) is 6.07 Å². The maximum Gasteiger partial charge on any atom is 0.393 e. The lowest BCUT2D eigenvalue weighted by atomic mass is 9.96. The molecule has 0 heterocycles. The molecule has 6 heteroatoms. The number of ether oxygens (including phenoxy) is 1. The maximum absolute atomic E-state index is 13.0. The van der Waals surface area contributed by atoms with Crippen LogP contribution < -0.4 is 10.5 Å². The highest BCUT2D eigenvalue weighted by atomic mass is 19.4. The van der Waals surface area contributed by atoms with E-state index >= 15 is 0 Å². The molecule has 0 saturated carbocycles. The first-order valence-electron chi connectivity index (χ1n) is 10.1. The Labute approximate surface area is 186 Å². The predicted octanol–water partition coefficient (Wildman–Crippen LogP) is 6.19. The molecule has 0 aliphatic heterocycles. The topological polar surface area (TPSA) is 47.6 Å². The number of para-hydroxylation sites is 1. The quantitative estimate of drug-likeness (QED) is 0.447. The normalized spacial score (nSPS) is 12.0. The molecule has 0 bridgehead atoms. The van der Waals surface area contributed by atoms with Gasteiger partial charge in [0.05, 0.1) is 24.9 Å².